The van der Waals surface area contributed by atoms with Crippen LogP contribution >= 0.6 is 0 Å². The normalized spacial score (nSPS) is 9.21. The zero-order valence-corrected chi connectivity index (χ0v) is 7.77. The van der Waals surface area contributed by atoms with E-state index in [9.17, 15) is 4.79 Å². The second kappa shape index (κ2) is 4.96. The summed E-state index contributed by atoms with van der Waals surface area (Å²) in [5.41, 5.74) is 0.120. The van der Waals surface area contributed by atoms with Crippen molar-refractivity contribution in [1.29, 1.82) is 0 Å². The van der Waals surface area contributed by atoms with E-state index in [-0.39, 0.29) is 11.6 Å². The first-order valence-corrected chi connectivity index (χ1v) is 3.92. The minimum atomic E-state index is -0.540. The molecule has 1 aromatic rings. The summed E-state index contributed by atoms with van der Waals surface area (Å²) in [7, 11) is 1.28. The van der Waals surface area contributed by atoms with Crippen molar-refractivity contribution in [3.05, 3.63) is 30.7 Å². The van der Waals surface area contributed by atoms with Gasteiger partial charge in [0.15, 0.2) is 5.69 Å². The Labute approximate surface area is 81.4 Å². The number of hydrogen-bond donors (Lipinski definition) is 0. The fraction of sp³-hybridized carbons (Fsp3) is 0.222. The highest BCUT2D eigenvalue weighted by Crippen LogP contribution is 2.05. The third-order valence-corrected chi connectivity index (χ3v) is 1.36. The Hall–Kier alpha value is -1.91. The summed E-state index contributed by atoms with van der Waals surface area (Å²) in [4.78, 5) is 18.7. The maximum atomic E-state index is 11.0. The highest BCUT2D eigenvalue weighted by atomic mass is 16.5. The van der Waals surface area contributed by atoms with Gasteiger partial charge in [-0.1, -0.05) is 12.7 Å². The predicted molar refractivity (Wildman–Crippen MR) is 49.1 cm³/mol. The number of esters is 1. The lowest BCUT2D eigenvalue weighted by atomic mass is 10.4. The molecule has 0 N–H and O–H groups in total. The van der Waals surface area contributed by atoms with E-state index in [1.54, 1.807) is 6.08 Å². The van der Waals surface area contributed by atoms with Crippen LogP contribution in [0, 0.1) is 0 Å². The van der Waals surface area contributed by atoms with E-state index in [0.717, 1.165) is 0 Å². The van der Waals surface area contributed by atoms with Crippen molar-refractivity contribution in [2.45, 2.75) is 0 Å². The lowest BCUT2D eigenvalue weighted by Crippen LogP contribution is -2.06. The van der Waals surface area contributed by atoms with Crippen LogP contribution in [0.25, 0.3) is 0 Å². The van der Waals surface area contributed by atoms with E-state index in [0.29, 0.717) is 6.61 Å². The number of nitrogens with zero attached hydrogens (tertiary/aromatic N) is 2. The van der Waals surface area contributed by atoms with Crippen LogP contribution in [0.2, 0.25) is 0 Å². The topological polar surface area (TPSA) is 61.3 Å². The van der Waals surface area contributed by atoms with Gasteiger partial charge in [-0.15, -0.1) is 0 Å². The third-order valence-electron chi connectivity index (χ3n) is 1.36. The van der Waals surface area contributed by atoms with Crippen molar-refractivity contribution in [1.82, 2.24) is 9.97 Å². The molecular weight excluding hydrogens is 184 g/mol. The molecule has 0 spiro atoms. The average molecular weight is 194 g/mol. The van der Waals surface area contributed by atoms with Crippen LogP contribution < -0.4 is 4.74 Å². The number of aromatic nitrogens is 2. The number of carbonyl (C=O) groups is 1. The number of hydrogen-bond acceptors (Lipinski definition) is 5. The highest BCUT2D eigenvalue weighted by Gasteiger charge is 2.08. The predicted octanol–water partition coefficient (Wildman–Crippen LogP) is 0.828. The monoisotopic (exact) mass is 194 g/mol. The number of ether oxygens (including phenoxy) is 2. The Morgan fingerprint density at radius 3 is 3.07 bits per heavy atom. The zero-order valence-electron chi connectivity index (χ0n) is 7.77. The first-order chi connectivity index (χ1) is 6.77. The molecule has 0 aliphatic rings. The lowest BCUT2D eigenvalue weighted by molar-refractivity contribution is 0.0592. The van der Waals surface area contributed by atoms with Crippen molar-refractivity contribution in [3.8, 4) is 5.88 Å². The number of rotatable bonds is 4. The van der Waals surface area contributed by atoms with Crippen LogP contribution in [-0.4, -0.2) is 29.7 Å². The molecular formula is C9H10N2O3. The molecule has 0 fully saturated rings. The summed E-state index contributed by atoms with van der Waals surface area (Å²) in [6, 6.07) is 0. The Morgan fingerprint density at radius 2 is 2.43 bits per heavy atom. The standard InChI is InChI=1S/C9H10N2O3/c1-3-4-14-8-6-10-5-7(11-8)9(12)13-2/h3,5-6H,1,4H2,2H3. The van der Waals surface area contributed by atoms with Gasteiger partial charge in [-0.05, 0) is 0 Å². The van der Waals surface area contributed by atoms with Crippen LogP contribution in [0.3, 0.4) is 0 Å². The molecule has 5 heteroatoms. The molecule has 5 nitrogen and oxygen atoms in total. The van der Waals surface area contributed by atoms with Crippen molar-refractivity contribution < 1.29 is 14.3 Å². The third kappa shape index (κ3) is 2.55. The zero-order chi connectivity index (χ0) is 10.4. The first-order valence-electron chi connectivity index (χ1n) is 3.92. The summed E-state index contributed by atoms with van der Waals surface area (Å²) in [6.45, 7) is 3.80. The minimum Gasteiger partial charge on any atom is -0.472 e. The molecule has 1 rings (SSSR count). The SMILES string of the molecule is C=CCOc1cncc(C(=O)OC)n1. The molecule has 0 saturated carbocycles. The summed E-state index contributed by atoms with van der Waals surface area (Å²) < 4.78 is 9.57. The maximum Gasteiger partial charge on any atom is 0.358 e. The molecule has 0 saturated heterocycles. The first kappa shape index (κ1) is 10.2. The van der Waals surface area contributed by atoms with E-state index in [1.165, 1.54) is 19.5 Å². The van der Waals surface area contributed by atoms with Gasteiger partial charge in [0, 0.05) is 0 Å². The van der Waals surface area contributed by atoms with E-state index >= 15 is 0 Å². The second-order valence-corrected chi connectivity index (χ2v) is 2.33. The van der Waals surface area contributed by atoms with E-state index in [2.05, 4.69) is 21.3 Å². The molecule has 0 aromatic carbocycles. The molecule has 0 amide bonds. The Bertz CT molecular complexity index is 339. The van der Waals surface area contributed by atoms with E-state index < -0.39 is 5.97 Å². The van der Waals surface area contributed by atoms with Gasteiger partial charge < -0.3 is 9.47 Å². The van der Waals surface area contributed by atoms with Crippen LogP contribution in [0.5, 0.6) is 5.88 Å². The van der Waals surface area contributed by atoms with Gasteiger partial charge in [0.25, 0.3) is 0 Å². The van der Waals surface area contributed by atoms with E-state index in [1.807, 2.05) is 0 Å². The van der Waals surface area contributed by atoms with Gasteiger partial charge in [-0.3, -0.25) is 4.98 Å². The fourth-order valence-electron chi connectivity index (χ4n) is 0.765. The molecule has 0 atom stereocenters. The highest BCUT2D eigenvalue weighted by molar-refractivity contribution is 5.86. The van der Waals surface area contributed by atoms with Crippen LogP contribution in [0.15, 0.2) is 25.0 Å². The van der Waals surface area contributed by atoms with Gasteiger partial charge in [0.05, 0.1) is 19.5 Å². The summed E-state index contributed by atoms with van der Waals surface area (Å²) in [5, 5.41) is 0. The smallest absolute Gasteiger partial charge is 0.358 e. The minimum absolute atomic E-state index is 0.120. The van der Waals surface area contributed by atoms with Gasteiger partial charge in [0.2, 0.25) is 5.88 Å². The summed E-state index contributed by atoms with van der Waals surface area (Å²) >= 11 is 0. The molecule has 0 aliphatic heterocycles. The quantitative estimate of drug-likeness (QED) is 0.524. The van der Waals surface area contributed by atoms with Crippen LogP contribution in [0.1, 0.15) is 10.5 Å². The fourth-order valence-corrected chi connectivity index (χ4v) is 0.765. The molecule has 1 heterocycles. The molecule has 1 aromatic heterocycles. The molecule has 0 radical (unpaired) electrons. The molecule has 0 unspecified atom stereocenters. The molecule has 14 heavy (non-hydrogen) atoms. The second-order valence-electron chi connectivity index (χ2n) is 2.33. The Morgan fingerprint density at radius 1 is 1.64 bits per heavy atom. The van der Waals surface area contributed by atoms with Crippen LogP contribution in [-0.2, 0) is 4.74 Å². The summed E-state index contributed by atoms with van der Waals surface area (Å²) in [5.74, 6) is -0.269. The van der Waals surface area contributed by atoms with Crippen LogP contribution in [0.4, 0.5) is 0 Å². The molecule has 74 valence electrons. The van der Waals surface area contributed by atoms with Gasteiger partial charge in [-0.2, -0.15) is 0 Å². The van der Waals surface area contributed by atoms with Crippen molar-refractivity contribution in [2.75, 3.05) is 13.7 Å². The van der Waals surface area contributed by atoms with Crippen molar-refractivity contribution in [3.63, 3.8) is 0 Å². The number of methoxy groups -OCH3 is 1. The van der Waals surface area contributed by atoms with Gasteiger partial charge in [0.1, 0.15) is 6.61 Å². The van der Waals surface area contributed by atoms with Gasteiger partial charge in [-0.25, -0.2) is 9.78 Å². The van der Waals surface area contributed by atoms with E-state index in [4.69, 9.17) is 4.74 Å². The molecule has 0 bridgehead atoms. The number of carbonyl (C=O) groups excluding carboxylic acids is 1. The lowest BCUT2D eigenvalue weighted by Gasteiger charge is -2.02. The van der Waals surface area contributed by atoms with Gasteiger partial charge >= 0.3 is 5.97 Å². The summed E-state index contributed by atoms with van der Waals surface area (Å²) in [6.07, 6.45) is 4.30. The average Bonchev–Trinajstić information content (AvgIpc) is 2.25. The Kier molecular flexibility index (Phi) is 3.60. The molecule has 0 aliphatic carbocycles. The van der Waals surface area contributed by atoms with Crippen molar-refractivity contribution >= 4 is 5.97 Å². The van der Waals surface area contributed by atoms with Crippen molar-refractivity contribution in [2.24, 2.45) is 0 Å². The largest absolute Gasteiger partial charge is 0.472 e. The Balaban J connectivity index is 2.78. The maximum absolute atomic E-state index is 11.0.